The highest BCUT2D eigenvalue weighted by atomic mass is 16.5. The summed E-state index contributed by atoms with van der Waals surface area (Å²) in [4.78, 5) is 7.36. The average molecular weight is 376 g/mol. The van der Waals surface area contributed by atoms with Gasteiger partial charge in [-0.3, -0.25) is 0 Å². The fourth-order valence-electron chi connectivity index (χ4n) is 4.26. The molecule has 6 heteroatoms. The molecule has 1 saturated heterocycles. The van der Waals surface area contributed by atoms with Gasteiger partial charge in [0.05, 0.1) is 5.69 Å². The number of hydrogen-bond donors (Lipinski definition) is 2. The SMILES string of the molecule is CCNC(=NCc1cc(CC)no1)NC1CCN(CC2CCCCC2)CC1. The van der Waals surface area contributed by atoms with Crippen LogP contribution in [0.5, 0.6) is 0 Å². The maximum atomic E-state index is 5.34. The molecule has 152 valence electrons. The normalized spacial score (nSPS) is 20.7. The van der Waals surface area contributed by atoms with E-state index in [1.165, 1.54) is 64.6 Å². The lowest BCUT2D eigenvalue weighted by atomic mass is 9.88. The van der Waals surface area contributed by atoms with E-state index in [0.29, 0.717) is 12.6 Å². The van der Waals surface area contributed by atoms with Crippen molar-refractivity contribution in [1.82, 2.24) is 20.7 Å². The third-order valence-corrected chi connectivity index (χ3v) is 5.88. The van der Waals surface area contributed by atoms with Gasteiger partial charge in [0.15, 0.2) is 11.7 Å². The fourth-order valence-corrected chi connectivity index (χ4v) is 4.26. The summed E-state index contributed by atoms with van der Waals surface area (Å²) in [5.74, 6) is 2.65. The van der Waals surface area contributed by atoms with Crippen molar-refractivity contribution in [3.8, 4) is 0 Å². The van der Waals surface area contributed by atoms with Crippen molar-refractivity contribution in [3.05, 3.63) is 17.5 Å². The zero-order chi connectivity index (χ0) is 18.9. The largest absolute Gasteiger partial charge is 0.359 e. The zero-order valence-corrected chi connectivity index (χ0v) is 17.2. The molecule has 2 N–H and O–H groups in total. The van der Waals surface area contributed by atoms with E-state index < -0.39 is 0 Å². The predicted molar refractivity (Wildman–Crippen MR) is 110 cm³/mol. The monoisotopic (exact) mass is 375 g/mol. The van der Waals surface area contributed by atoms with E-state index >= 15 is 0 Å². The number of aromatic nitrogens is 1. The number of piperidine rings is 1. The highest BCUT2D eigenvalue weighted by Crippen LogP contribution is 2.25. The second-order valence-corrected chi connectivity index (χ2v) is 8.06. The van der Waals surface area contributed by atoms with Crippen molar-refractivity contribution in [2.24, 2.45) is 10.9 Å². The van der Waals surface area contributed by atoms with Crippen LogP contribution in [0.15, 0.2) is 15.6 Å². The molecule has 0 atom stereocenters. The lowest BCUT2D eigenvalue weighted by Crippen LogP contribution is -2.49. The molecule has 1 aromatic rings. The van der Waals surface area contributed by atoms with Crippen molar-refractivity contribution in [2.45, 2.75) is 77.8 Å². The van der Waals surface area contributed by atoms with E-state index in [0.717, 1.165) is 36.3 Å². The van der Waals surface area contributed by atoms with Crippen LogP contribution in [0, 0.1) is 5.92 Å². The van der Waals surface area contributed by atoms with E-state index in [4.69, 9.17) is 4.52 Å². The first-order chi connectivity index (χ1) is 13.3. The minimum atomic E-state index is 0.506. The van der Waals surface area contributed by atoms with E-state index in [2.05, 4.69) is 39.5 Å². The molecule has 6 nitrogen and oxygen atoms in total. The van der Waals surface area contributed by atoms with Crippen molar-refractivity contribution in [3.63, 3.8) is 0 Å². The number of aryl methyl sites for hydroxylation is 1. The van der Waals surface area contributed by atoms with Crippen LogP contribution in [-0.2, 0) is 13.0 Å². The Hall–Kier alpha value is -1.56. The molecule has 0 amide bonds. The first kappa shape index (κ1) is 20.2. The molecule has 0 spiro atoms. The summed E-state index contributed by atoms with van der Waals surface area (Å²) >= 11 is 0. The fraction of sp³-hybridized carbons (Fsp3) is 0.810. The number of guanidine groups is 1. The van der Waals surface area contributed by atoms with Crippen LogP contribution in [0.4, 0.5) is 0 Å². The maximum Gasteiger partial charge on any atom is 0.191 e. The number of likely N-dealkylation sites (tertiary alicyclic amines) is 1. The first-order valence-corrected chi connectivity index (χ1v) is 11.0. The molecule has 0 unspecified atom stereocenters. The summed E-state index contributed by atoms with van der Waals surface area (Å²) in [7, 11) is 0. The van der Waals surface area contributed by atoms with Crippen LogP contribution in [0.2, 0.25) is 0 Å². The van der Waals surface area contributed by atoms with Gasteiger partial charge in [-0.15, -0.1) is 0 Å². The molecule has 1 aromatic heterocycles. The Kier molecular flexibility index (Phi) is 7.99. The number of rotatable bonds is 7. The molecule has 1 aliphatic heterocycles. The Morgan fingerprint density at radius 2 is 1.96 bits per heavy atom. The summed E-state index contributed by atoms with van der Waals surface area (Å²) in [6.45, 7) is 9.30. The van der Waals surface area contributed by atoms with Crippen LogP contribution in [0.1, 0.15) is 70.2 Å². The quantitative estimate of drug-likeness (QED) is 0.565. The summed E-state index contributed by atoms with van der Waals surface area (Å²) in [5.41, 5.74) is 0.989. The minimum Gasteiger partial charge on any atom is -0.359 e. The van der Waals surface area contributed by atoms with Gasteiger partial charge < -0.3 is 20.1 Å². The highest BCUT2D eigenvalue weighted by molar-refractivity contribution is 5.80. The Balaban J connectivity index is 1.43. The summed E-state index contributed by atoms with van der Waals surface area (Å²) in [6.07, 6.45) is 10.5. The van der Waals surface area contributed by atoms with E-state index in [-0.39, 0.29) is 0 Å². The van der Waals surface area contributed by atoms with E-state index in [1.54, 1.807) is 0 Å². The van der Waals surface area contributed by atoms with E-state index in [1.807, 2.05) is 6.07 Å². The van der Waals surface area contributed by atoms with Crippen LogP contribution in [0.3, 0.4) is 0 Å². The first-order valence-electron chi connectivity index (χ1n) is 11.0. The van der Waals surface area contributed by atoms with E-state index in [9.17, 15) is 0 Å². The number of hydrogen-bond acceptors (Lipinski definition) is 4. The van der Waals surface area contributed by atoms with Crippen molar-refractivity contribution >= 4 is 5.96 Å². The molecular weight excluding hydrogens is 338 g/mol. The van der Waals surface area contributed by atoms with Gasteiger partial charge in [-0.05, 0) is 44.9 Å². The third kappa shape index (κ3) is 6.52. The number of nitrogens with one attached hydrogen (secondary N) is 2. The van der Waals surface area contributed by atoms with Gasteiger partial charge in [0.25, 0.3) is 0 Å². The molecule has 0 aromatic carbocycles. The van der Waals surface area contributed by atoms with Gasteiger partial charge >= 0.3 is 0 Å². The van der Waals surface area contributed by atoms with Gasteiger partial charge in [0.1, 0.15) is 6.54 Å². The molecule has 2 fully saturated rings. The summed E-state index contributed by atoms with van der Waals surface area (Å²) in [5, 5.41) is 11.0. The maximum absolute atomic E-state index is 5.34. The Morgan fingerprint density at radius 3 is 2.63 bits per heavy atom. The molecular formula is C21H37N5O. The van der Waals surface area contributed by atoms with Crippen molar-refractivity contribution in [1.29, 1.82) is 0 Å². The van der Waals surface area contributed by atoms with Crippen molar-refractivity contribution in [2.75, 3.05) is 26.2 Å². The second kappa shape index (κ2) is 10.7. The van der Waals surface area contributed by atoms with Gasteiger partial charge in [-0.25, -0.2) is 4.99 Å². The van der Waals surface area contributed by atoms with Crippen LogP contribution in [-0.4, -0.2) is 48.2 Å². The van der Waals surface area contributed by atoms with Gasteiger partial charge in [-0.1, -0.05) is 31.3 Å². The molecule has 3 rings (SSSR count). The standard InChI is InChI=1S/C21H37N5O/c1-3-18-14-20(27-25-18)15-23-21(22-4-2)24-19-10-12-26(13-11-19)16-17-8-6-5-7-9-17/h14,17,19H,3-13,15-16H2,1-2H3,(H2,22,23,24). The molecule has 2 aliphatic rings. The zero-order valence-electron chi connectivity index (χ0n) is 17.2. The summed E-state index contributed by atoms with van der Waals surface area (Å²) in [6, 6.07) is 2.50. The topological polar surface area (TPSA) is 65.7 Å². The Labute approximate surface area is 164 Å². The average Bonchev–Trinajstić information content (AvgIpc) is 3.17. The molecule has 1 saturated carbocycles. The molecule has 0 bridgehead atoms. The van der Waals surface area contributed by atoms with Gasteiger partial charge in [0, 0.05) is 38.3 Å². The molecule has 2 heterocycles. The lowest BCUT2D eigenvalue weighted by molar-refractivity contribution is 0.160. The number of aliphatic imine (C=N–C) groups is 1. The Bertz CT molecular complexity index is 571. The molecule has 27 heavy (non-hydrogen) atoms. The highest BCUT2D eigenvalue weighted by Gasteiger charge is 2.23. The molecule has 0 radical (unpaired) electrons. The molecule has 1 aliphatic carbocycles. The third-order valence-electron chi connectivity index (χ3n) is 5.88. The predicted octanol–water partition coefficient (Wildman–Crippen LogP) is 3.34. The van der Waals surface area contributed by atoms with Crippen LogP contribution >= 0.6 is 0 Å². The minimum absolute atomic E-state index is 0.506. The van der Waals surface area contributed by atoms with Gasteiger partial charge in [-0.2, -0.15) is 0 Å². The lowest BCUT2D eigenvalue weighted by Gasteiger charge is -2.36. The van der Waals surface area contributed by atoms with Gasteiger partial charge in [0.2, 0.25) is 0 Å². The summed E-state index contributed by atoms with van der Waals surface area (Å²) < 4.78 is 5.34. The van der Waals surface area contributed by atoms with Crippen molar-refractivity contribution < 1.29 is 4.52 Å². The van der Waals surface area contributed by atoms with Crippen LogP contribution in [0.25, 0.3) is 0 Å². The van der Waals surface area contributed by atoms with Crippen LogP contribution < -0.4 is 10.6 Å². The second-order valence-electron chi connectivity index (χ2n) is 8.06. The smallest absolute Gasteiger partial charge is 0.191 e. The Morgan fingerprint density at radius 1 is 1.19 bits per heavy atom. The number of nitrogens with zero attached hydrogens (tertiary/aromatic N) is 3.